The number of nitrogens with one attached hydrogen (secondary N) is 1. The maximum Gasteiger partial charge on any atom is 0.220 e. The van der Waals surface area contributed by atoms with E-state index in [1.807, 2.05) is 6.08 Å². The van der Waals surface area contributed by atoms with Crippen molar-refractivity contribution in [1.29, 1.82) is 0 Å². The highest BCUT2D eigenvalue weighted by Gasteiger charge is 2.51. The van der Waals surface area contributed by atoms with Gasteiger partial charge in [-0.25, -0.2) is 0 Å². The van der Waals surface area contributed by atoms with Gasteiger partial charge in [-0.3, -0.25) is 4.79 Å². The van der Waals surface area contributed by atoms with E-state index in [0.717, 1.165) is 70.6 Å². The molecule has 0 radical (unpaired) electrons. The summed E-state index contributed by atoms with van der Waals surface area (Å²) in [5, 5.41) is 87.6. The van der Waals surface area contributed by atoms with Crippen LogP contribution < -0.4 is 5.32 Å². The predicted molar refractivity (Wildman–Crippen MR) is 396 cm³/mol. The van der Waals surface area contributed by atoms with E-state index in [4.69, 9.17) is 18.9 Å². The van der Waals surface area contributed by atoms with E-state index in [1.54, 1.807) is 6.08 Å². The Bertz CT molecular complexity index is 1980. The molecule has 96 heavy (non-hydrogen) atoms. The van der Waals surface area contributed by atoms with Gasteiger partial charge in [-0.2, -0.15) is 0 Å². The fourth-order valence-electron chi connectivity index (χ4n) is 12.6. The summed E-state index contributed by atoms with van der Waals surface area (Å²) in [7, 11) is 0. The van der Waals surface area contributed by atoms with Crippen LogP contribution in [0.15, 0.2) is 97.2 Å². The van der Waals surface area contributed by atoms with Crippen molar-refractivity contribution < 1.29 is 64.6 Å². The van der Waals surface area contributed by atoms with E-state index in [-0.39, 0.29) is 18.9 Å². The van der Waals surface area contributed by atoms with Crippen LogP contribution in [-0.4, -0.2) is 140 Å². The number of aliphatic hydroxyl groups excluding tert-OH is 8. The van der Waals surface area contributed by atoms with Crippen molar-refractivity contribution in [2.75, 3.05) is 19.8 Å². The Balaban J connectivity index is 1.58. The summed E-state index contributed by atoms with van der Waals surface area (Å²) < 4.78 is 22.9. The van der Waals surface area contributed by atoms with E-state index in [9.17, 15) is 45.6 Å². The van der Waals surface area contributed by atoms with E-state index >= 15 is 0 Å². The molecule has 0 aromatic heterocycles. The monoisotopic (exact) mass is 1350 g/mol. The molecular weight excluding hydrogens is 1210 g/mol. The molecule has 12 atom stereocenters. The van der Waals surface area contributed by atoms with Gasteiger partial charge in [-0.15, -0.1) is 0 Å². The third-order valence-corrected chi connectivity index (χ3v) is 18.8. The maximum atomic E-state index is 13.4. The highest BCUT2D eigenvalue weighted by Crippen LogP contribution is 2.30. The minimum Gasteiger partial charge on any atom is -0.394 e. The van der Waals surface area contributed by atoms with Gasteiger partial charge in [-0.05, 0) is 83.5 Å². The average Bonchev–Trinajstić information content (AvgIpc) is 0.807. The first-order valence-electron chi connectivity index (χ1n) is 39.5. The molecule has 14 heteroatoms. The summed E-state index contributed by atoms with van der Waals surface area (Å²) in [6.45, 7) is 2.70. The number of ether oxygens (including phenoxy) is 4. The number of unbranched alkanes of at least 4 members (excludes halogenated alkanes) is 38. The molecule has 0 aromatic carbocycles. The topological polar surface area (TPSA) is 228 Å². The van der Waals surface area contributed by atoms with E-state index < -0.39 is 86.8 Å². The molecule has 0 aliphatic carbocycles. The van der Waals surface area contributed by atoms with Crippen LogP contribution in [0.4, 0.5) is 0 Å². The van der Waals surface area contributed by atoms with Gasteiger partial charge in [0.05, 0.1) is 32.0 Å². The third kappa shape index (κ3) is 47.9. The van der Waals surface area contributed by atoms with E-state index in [1.165, 1.54) is 218 Å². The fourth-order valence-corrected chi connectivity index (χ4v) is 12.6. The van der Waals surface area contributed by atoms with Gasteiger partial charge in [-0.1, -0.05) is 329 Å². The lowest BCUT2D eigenvalue weighted by Gasteiger charge is -2.46. The first kappa shape index (κ1) is 89.0. The second kappa shape index (κ2) is 65.2. The van der Waals surface area contributed by atoms with Crippen LogP contribution in [-0.2, 0) is 23.7 Å². The summed E-state index contributed by atoms with van der Waals surface area (Å²) in [5.41, 5.74) is 0. The molecule has 0 bridgehead atoms. The third-order valence-electron chi connectivity index (χ3n) is 18.8. The highest BCUT2D eigenvalue weighted by molar-refractivity contribution is 5.76. The van der Waals surface area contributed by atoms with Gasteiger partial charge in [0.25, 0.3) is 0 Å². The van der Waals surface area contributed by atoms with Crippen molar-refractivity contribution >= 4 is 5.91 Å². The Kier molecular flexibility index (Phi) is 60.5. The minimum absolute atomic E-state index is 0.245. The summed E-state index contributed by atoms with van der Waals surface area (Å²) in [4.78, 5) is 13.4. The number of carbonyl (C=O) groups excluding carboxylic acids is 1. The Hall–Kier alpha value is -3.09. The lowest BCUT2D eigenvalue weighted by Crippen LogP contribution is -2.65. The SMILES string of the molecule is CC/C=C\C/C=C\C/C=C\C/C=C\C/C=C\C/C=C\CCCCCCCCCCCCCCCCCCCCCCCCC(=O)NC(COC1OC(CO)C(OC2OC(CO)C(O)C(O)C2O)C(O)C1O)C(O)/C=C/CC/C=C/CCCCCCCCCCCCCCCCC. The van der Waals surface area contributed by atoms with Crippen molar-refractivity contribution in [1.82, 2.24) is 5.32 Å². The largest absolute Gasteiger partial charge is 0.394 e. The van der Waals surface area contributed by atoms with E-state index in [0.29, 0.717) is 12.8 Å². The van der Waals surface area contributed by atoms with Gasteiger partial charge in [0.2, 0.25) is 5.91 Å². The van der Waals surface area contributed by atoms with E-state index in [2.05, 4.69) is 104 Å². The quantitative estimate of drug-likeness (QED) is 0.0204. The minimum atomic E-state index is -1.79. The lowest BCUT2D eigenvalue weighted by atomic mass is 9.97. The second-order valence-corrected chi connectivity index (χ2v) is 27.4. The van der Waals surface area contributed by atoms with Crippen molar-refractivity contribution in [3.63, 3.8) is 0 Å². The number of rotatable bonds is 65. The molecule has 14 nitrogen and oxygen atoms in total. The molecule has 0 aromatic rings. The summed E-state index contributed by atoms with van der Waals surface area (Å²) in [6, 6.07) is -0.935. The van der Waals surface area contributed by atoms with Gasteiger partial charge in [0, 0.05) is 6.42 Å². The molecule has 2 aliphatic heterocycles. The van der Waals surface area contributed by atoms with Crippen LogP contribution in [0.5, 0.6) is 0 Å². The molecule has 12 unspecified atom stereocenters. The molecule has 2 heterocycles. The van der Waals surface area contributed by atoms with Crippen LogP contribution in [0, 0.1) is 0 Å². The Morgan fingerprint density at radius 3 is 1.15 bits per heavy atom. The Morgan fingerprint density at radius 1 is 0.385 bits per heavy atom. The number of allylic oxidation sites excluding steroid dienone is 15. The number of amides is 1. The molecule has 0 saturated carbocycles. The number of aliphatic hydroxyl groups is 8. The zero-order valence-electron chi connectivity index (χ0n) is 60.8. The number of carbonyl (C=O) groups is 1. The molecule has 2 saturated heterocycles. The molecule has 2 rings (SSSR count). The molecule has 9 N–H and O–H groups in total. The number of hydrogen-bond donors (Lipinski definition) is 9. The summed E-state index contributed by atoms with van der Waals surface area (Å²) >= 11 is 0. The molecule has 556 valence electrons. The van der Waals surface area contributed by atoms with Crippen molar-refractivity contribution in [3.05, 3.63) is 97.2 Å². The molecule has 2 aliphatic rings. The van der Waals surface area contributed by atoms with Crippen LogP contribution >= 0.6 is 0 Å². The predicted octanol–water partition coefficient (Wildman–Crippen LogP) is 17.7. The maximum absolute atomic E-state index is 13.4. The Morgan fingerprint density at radius 2 is 0.729 bits per heavy atom. The normalized spacial score (nSPS) is 22.8. The first-order valence-corrected chi connectivity index (χ1v) is 39.5. The molecule has 0 spiro atoms. The van der Waals surface area contributed by atoms with Crippen molar-refractivity contribution in [3.8, 4) is 0 Å². The highest BCUT2D eigenvalue weighted by atomic mass is 16.7. The second-order valence-electron chi connectivity index (χ2n) is 27.4. The van der Waals surface area contributed by atoms with Crippen LogP contribution in [0.2, 0.25) is 0 Å². The average molecular weight is 1350 g/mol. The first-order chi connectivity index (χ1) is 47.1. The number of hydrogen-bond acceptors (Lipinski definition) is 13. The fraction of sp³-hybridized carbons (Fsp3) is 0.793. The van der Waals surface area contributed by atoms with Crippen LogP contribution in [0.1, 0.15) is 322 Å². The summed E-state index contributed by atoms with van der Waals surface area (Å²) in [6.07, 6.45) is 76.4. The zero-order chi connectivity index (χ0) is 69.4. The molecule has 2 fully saturated rings. The lowest BCUT2D eigenvalue weighted by molar-refractivity contribution is -0.359. The van der Waals surface area contributed by atoms with Crippen LogP contribution in [0.3, 0.4) is 0 Å². The standard InChI is InChI=1S/C82H145NO13/c1-3-5-7-9-11-13-15-17-19-21-23-25-26-27-28-29-30-31-32-33-34-35-36-37-38-39-40-41-42-43-44-46-48-50-52-54-56-58-60-62-64-66-74(87)83-70(71(86)65-63-61-59-57-55-53-51-49-47-45-24-22-20-18-16-14-12-10-8-6-4-2)69-93-81-79(92)77(90)80(73(68-85)95-81)96-82-78(91)76(89)75(88)72(67-84)94-82/h5,7,11,13,17,19,23,25,27-28,30-31,55,57,63,65,70-73,75-82,84-86,88-92H,3-4,6,8-10,12,14-16,18,20-22,24,26,29,32-54,56,58-62,64,66-69H2,1-2H3,(H,83,87)/b7-5-,13-11-,19-17-,25-23-,28-27-,31-30-,57-55+,65-63+. The Labute approximate surface area is 585 Å². The summed E-state index contributed by atoms with van der Waals surface area (Å²) in [5.74, 6) is -0.245. The van der Waals surface area contributed by atoms with Crippen molar-refractivity contribution in [2.24, 2.45) is 0 Å². The van der Waals surface area contributed by atoms with Crippen LogP contribution in [0.25, 0.3) is 0 Å². The molecule has 1 amide bonds. The van der Waals surface area contributed by atoms with Gasteiger partial charge < -0.3 is 65.1 Å². The van der Waals surface area contributed by atoms with Gasteiger partial charge in [0.1, 0.15) is 48.8 Å². The van der Waals surface area contributed by atoms with Crippen molar-refractivity contribution in [2.45, 2.75) is 396 Å². The smallest absolute Gasteiger partial charge is 0.220 e. The van der Waals surface area contributed by atoms with Gasteiger partial charge >= 0.3 is 0 Å². The van der Waals surface area contributed by atoms with Gasteiger partial charge in [0.15, 0.2) is 12.6 Å². The zero-order valence-corrected chi connectivity index (χ0v) is 60.8. The molecular formula is C82H145NO13.